The van der Waals surface area contributed by atoms with E-state index in [1.165, 1.54) is 24.3 Å². The van der Waals surface area contributed by atoms with Gasteiger partial charge in [-0.05, 0) is 80.1 Å². The number of nitrogens with two attached hydrogens (primary N) is 1. The van der Waals surface area contributed by atoms with Gasteiger partial charge in [-0.2, -0.15) is 0 Å². The normalized spacial score (nSPS) is 18.2. The third kappa shape index (κ3) is 3.78. The zero-order valence-electron chi connectivity index (χ0n) is 15.9. The highest BCUT2D eigenvalue weighted by Crippen LogP contribution is 2.40. The van der Waals surface area contributed by atoms with Crippen LogP contribution in [0.25, 0.3) is 0 Å². The van der Waals surface area contributed by atoms with Crippen LogP contribution in [0.1, 0.15) is 35.3 Å². The molecule has 4 rings (SSSR count). The molecule has 0 unspecified atom stereocenters. The molecule has 3 aromatic rings. The lowest BCUT2D eigenvalue weighted by Gasteiger charge is -2.40. The molecule has 0 aliphatic carbocycles. The van der Waals surface area contributed by atoms with E-state index in [0.29, 0.717) is 28.9 Å². The van der Waals surface area contributed by atoms with Crippen LogP contribution in [0.2, 0.25) is 0 Å². The lowest BCUT2D eigenvalue weighted by atomic mass is 9.90. The molecule has 0 saturated carbocycles. The van der Waals surface area contributed by atoms with Crippen molar-refractivity contribution in [3.05, 3.63) is 89.5 Å². The van der Waals surface area contributed by atoms with Crippen LogP contribution in [0.4, 0.5) is 25.8 Å². The number of benzene rings is 3. The smallest absolute Gasteiger partial charge is 0.258 e. The van der Waals surface area contributed by atoms with Crippen LogP contribution >= 0.6 is 0 Å². The number of carbonyl (C=O) groups excluding carboxylic acids is 1. The first-order chi connectivity index (χ1) is 13.9. The predicted octanol–water partition coefficient (Wildman–Crippen LogP) is 5.14. The Labute approximate surface area is 168 Å². The van der Waals surface area contributed by atoms with Crippen LogP contribution in [-0.4, -0.2) is 11.9 Å². The molecule has 2 atom stereocenters. The van der Waals surface area contributed by atoms with E-state index in [1.807, 2.05) is 6.92 Å². The van der Waals surface area contributed by atoms with Crippen molar-refractivity contribution in [1.82, 2.24) is 0 Å². The molecule has 0 radical (unpaired) electrons. The lowest BCUT2D eigenvalue weighted by Crippen LogP contribution is -2.44. The summed E-state index contributed by atoms with van der Waals surface area (Å²) in [6.07, 6.45) is 0.578. The standard InChI is InChI=1S/C23H21F2N3O/c1-14-12-21(27-19-9-4-16(24)5-10-19)20-13-17(25)6-11-22(20)28(14)23(29)15-2-7-18(26)8-3-15/h2-11,13-14,21,27H,12,26H2,1H3/t14-,21-/m0/s1. The van der Waals surface area contributed by atoms with Gasteiger partial charge in [0.2, 0.25) is 0 Å². The quantitative estimate of drug-likeness (QED) is 0.606. The van der Waals surface area contributed by atoms with E-state index in [0.717, 1.165) is 5.69 Å². The number of fused-ring (bicyclic) bond motifs is 1. The average Bonchev–Trinajstić information content (AvgIpc) is 2.70. The Kier molecular flexibility index (Phi) is 4.92. The van der Waals surface area contributed by atoms with Crippen molar-refractivity contribution < 1.29 is 13.6 Å². The van der Waals surface area contributed by atoms with Gasteiger partial charge in [-0.1, -0.05) is 0 Å². The molecule has 3 aromatic carbocycles. The van der Waals surface area contributed by atoms with Crippen molar-refractivity contribution >= 4 is 23.0 Å². The number of carbonyl (C=O) groups is 1. The highest BCUT2D eigenvalue weighted by Gasteiger charge is 2.34. The van der Waals surface area contributed by atoms with Crippen LogP contribution in [0.15, 0.2) is 66.7 Å². The SMILES string of the molecule is C[C@H]1C[C@H](Nc2ccc(F)cc2)c2cc(F)ccc2N1C(=O)c1ccc(N)cc1. The predicted molar refractivity (Wildman–Crippen MR) is 111 cm³/mol. The van der Waals surface area contributed by atoms with Crippen molar-refractivity contribution in [2.45, 2.75) is 25.4 Å². The molecule has 0 bridgehead atoms. The second-order valence-electron chi connectivity index (χ2n) is 7.29. The summed E-state index contributed by atoms with van der Waals surface area (Å²) in [7, 11) is 0. The van der Waals surface area contributed by atoms with Gasteiger partial charge in [0.1, 0.15) is 11.6 Å². The summed E-state index contributed by atoms with van der Waals surface area (Å²) >= 11 is 0. The second kappa shape index (κ2) is 7.54. The number of hydrogen-bond acceptors (Lipinski definition) is 3. The third-order valence-electron chi connectivity index (χ3n) is 5.20. The molecule has 1 aliphatic heterocycles. The highest BCUT2D eigenvalue weighted by molar-refractivity contribution is 6.07. The number of rotatable bonds is 3. The molecule has 3 N–H and O–H groups in total. The lowest BCUT2D eigenvalue weighted by molar-refractivity contribution is 0.0974. The van der Waals surface area contributed by atoms with Crippen molar-refractivity contribution in [2.75, 3.05) is 16.0 Å². The molecule has 148 valence electrons. The molecule has 0 saturated heterocycles. The van der Waals surface area contributed by atoms with Gasteiger partial charge >= 0.3 is 0 Å². The summed E-state index contributed by atoms with van der Waals surface area (Å²) in [5.74, 6) is -0.853. The number of nitrogens with one attached hydrogen (secondary N) is 1. The monoisotopic (exact) mass is 393 g/mol. The minimum absolute atomic E-state index is 0.129. The topological polar surface area (TPSA) is 58.4 Å². The molecular formula is C23H21F2N3O. The minimum atomic E-state index is -0.371. The van der Waals surface area contributed by atoms with E-state index in [-0.39, 0.29) is 29.6 Å². The van der Waals surface area contributed by atoms with Crippen molar-refractivity contribution in [3.8, 4) is 0 Å². The van der Waals surface area contributed by atoms with Gasteiger partial charge in [-0.15, -0.1) is 0 Å². The third-order valence-corrected chi connectivity index (χ3v) is 5.20. The molecular weight excluding hydrogens is 372 g/mol. The molecule has 6 heteroatoms. The fourth-order valence-corrected chi connectivity index (χ4v) is 3.79. The molecule has 0 aromatic heterocycles. The summed E-state index contributed by atoms with van der Waals surface area (Å²) in [6.45, 7) is 1.96. The number of halogens is 2. The highest BCUT2D eigenvalue weighted by atomic mass is 19.1. The Morgan fingerprint density at radius 3 is 2.34 bits per heavy atom. The first kappa shape index (κ1) is 18.9. The molecule has 4 nitrogen and oxygen atoms in total. The van der Waals surface area contributed by atoms with Gasteiger partial charge in [-0.3, -0.25) is 4.79 Å². The van der Waals surface area contributed by atoms with E-state index < -0.39 is 0 Å². The van der Waals surface area contributed by atoms with Gasteiger partial charge in [0.05, 0.1) is 6.04 Å². The van der Waals surface area contributed by atoms with Gasteiger partial charge < -0.3 is 16.0 Å². The van der Waals surface area contributed by atoms with E-state index in [1.54, 1.807) is 47.4 Å². The van der Waals surface area contributed by atoms with Crippen molar-refractivity contribution in [1.29, 1.82) is 0 Å². The van der Waals surface area contributed by atoms with E-state index in [4.69, 9.17) is 5.73 Å². The Balaban J connectivity index is 1.70. The zero-order valence-corrected chi connectivity index (χ0v) is 15.9. The number of nitrogen functional groups attached to an aromatic ring is 1. The first-order valence-corrected chi connectivity index (χ1v) is 9.43. The largest absolute Gasteiger partial charge is 0.399 e. The van der Waals surface area contributed by atoms with Crippen LogP contribution in [-0.2, 0) is 0 Å². The molecule has 1 amide bonds. The van der Waals surface area contributed by atoms with E-state index in [2.05, 4.69) is 5.32 Å². The Bertz CT molecular complexity index is 1030. The van der Waals surface area contributed by atoms with Crippen molar-refractivity contribution in [2.24, 2.45) is 0 Å². The van der Waals surface area contributed by atoms with E-state index in [9.17, 15) is 13.6 Å². The zero-order chi connectivity index (χ0) is 20.5. The molecule has 29 heavy (non-hydrogen) atoms. The fraction of sp³-hybridized carbons (Fsp3) is 0.174. The maximum atomic E-state index is 14.1. The van der Waals surface area contributed by atoms with Crippen molar-refractivity contribution in [3.63, 3.8) is 0 Å². The number of amides is 1. The summed E-state index contributed by atoms with van der Waals surface area (Å²) in [5.41, 5.74) is 8.91. The summed E-state index contributed by atoms with van der Waals surface area (Å²) in [4.78, 5) is 14.9. The molecule has 0 fully saturated rings. The van der Waals surface area contributed by atoms with Crippen LogP contribution in [0.5, 0.6) is 0 Å². The maximum Gasteiger partial charge on any atom is 0.258 e. The number of hydrogen-bond donors (Lipinski definition) is 2. The Morgan fingerprint density at radius 2 is 1.66 bits per heavy atom. The van der Waals surface area contributed by atoms with Crippen LogP contribution in [0, 0.1) is 11.6 Å². The molecule has 0 spiro atoms. The summed E-state index contributed by atoms with van der Waals surface area (Å²) < 4.78 is 27.3. The van der Waals surface area contributed by atoms with Gasteiger partial charge in [0.15, 0.2) is 0 Å². The van der Waals surface area contributed by atoms with Crippen LogP contribution in [0.3, 0.4) is 0 Å². The van der Waals surface area contributed by atoms with Gasteiger partial charge in [-0.25, -0.2) is 8.78 Å². The number of nitrogens with zero attached hydrogens (tertiary/aromatic N) is 1. The fourth-order valence-electron chi connectivity index (χ4n) is 3.79. The summed E-state index contributed by atoms with van der Waals surface area (Å²) in [5, 5.41) is 3.34. The molecule has 1 aliphatic rings. The van der Waals surface area contributed by atoms with Crippen LogP contribution < -0.4 is 16.0 Å². The van der Waals surface area contributed by atoms with E-state index >= 15 is 0 Å². The number of anilines is 3. The van der Waals surface area contributed by atoms with Gasteiger partial charge in [0.25, 0.3) is 5.91 Å². The first-order valence-electron chi connectivity index (χ1n) is 9.43. The average molecular weight is 393 g/mol. The Morgan fingerprint density at radius 1 is 1.00 bits per heavy atom. The van der Waals surface area contributed by atoms with Gasteiger partial charge in [0, 0.05) is 34.2 Å². The molecule has 1 heterocycles. The minimum Gasteiger partial charge on any atom is -0.399 e. The second-order valence-corrected chi connectivity index (χ2v) is 7.29. The Hall–Kier alpha value is -3.41. The summed E-state index contributed by atoms with van der Waals surface area (Å²) in [6, 6.07) is 16.9. The maximum absolute atomic E-state index is 14.1.